The minimum Gasteiger partial charge on any atom is -0.370 e. The predicted octanol–water partition coefficient (Wildman–Crippen LogP) is 1.93. The van der Waals surface area contributed by atoms with Crippen LogP contribution in [0.15, 0.2) is 41.5 Å². The number of aromatic nitrogens is 1. The molecule has 2 N–H and O–H groups in total. The number of likely N-dealkylation sites (N-methyl/N-ethyl adjacent to an activating group) is 1. The number of benzene rings is 1. The average molecular weight is 240 g/mol. The average Bonchev–Trinajstić information content (AvgIpc) is 2.79. The van der Waals surface area contributed by atoms with Gasteiger partial charge in [-0.25, -0.2) is 0 Å². The number of fused-ring (bicyclic) bond motifs is 1. The van der Waals surface area contributed by atoms with E-state index in [1.165, 1.54) is 5.56 Å². The van der Waals surface area contributed by atoms with E-state index >= 15 is 0 Å². The third-order valence-electron chi connectivity index (χ3n) is 3.45. The normalized spacial score (nSPS) is 19.3. The molecule has 1 atom stereocenters. The summed E-state index contributed by atoms with van der Waals surface area (Å²) >= 11 is 0. The Hall–Kier alpha value is -2.10. The Kier molecular flexibility index (Phi) is 2.63. The highest BCUT2D eigenvalue weighted by Gasteiger charge is 2.25. The van der Waals surface area contributed by atoms with Crippen molar-refractivity contribution in [3.8, 4) is 0 Å². The van der Waals surface area contributed by atoms with Crippen molar-refractivity contribution in [2.75, 3.05) is 13.1 Å². The van der Waals surface area contributed by atoms with Gasteiger partial charge in [-0.15, -0.1) is 0 Å². The lowest BCUT2D eigenvalue weighted by Gasteiger charge is -2.25. The molecular weight excluding hydrogens is 224 g/mol. The highest BCUT2D eigenvalue weighted by atomic mass is 15.3. The van der Waals surface area contributed by atoms with Gasteiger partial charge in [0, 0.05) is 18.1 Å². The molecule has 4 heteroatoms. The molecular formula is C14H16N4. The number of aliphatic imine (C=N–C) groups is 1. The second-order valence-corrected chi connectivity index (χ2v) is 4.46. The van der Waals surface area contributed by atoms with Crippen LogP contribution in [0.5, 0.6) is 0 Å². The molecule has 0 radical (unpaired) electrons. The molecule has 2 aromatic rings. The number of hydrogen-bond acceptors (Lipinski definition) is 4. The number of rotatable bonds is 2. The van der Waals surface area contributed by atoms with Gasteiger partial charge in [-0.3, -0.25) is 9.98 Å². The minimum absolute atomic E-state index is 0.264. The van der Waals surface area contributed by atoms with Crippen LogP contribution in [0.25, 0.3) is 10.9 Å². The molecule has 0 aliphatic carbocycles. The molecule has 0 spiro atoms. The lowest BCUT2D eigenvalue weighted by molar-refractivity contribution is 0.364. The fraction of sp³-hybridized carbons (Fsp3) is 0.286. The summed E-state index contributed by atoms with van der Waals surface area (Å²) in [5.41, 5.74) is 8.17. The van der Waals surface area contributed by atoms with Gasteiger partial charge in [0.15, 0.2) is 5.96 Å². The third-order valence-corrected chi connectivity index (χ3v) is 3.45. The Labute approximate surface area is 106 Å². The second-order valence-electron chi connectivity index (χ2n) is 4.46. The van der Waals surface area contributed by atoms with Gasteiger partial charge in [0.25, 0.3) is 0 Å². The number of nitrogens with two attached hydrogens (primary N) is 1. The summed E-state index contributed by atoms with van der Waals surface area (Å²) in [5.74, 6) is 0.647. The first-order chi connectivity index (χ1) is 8.79. The first kappa shape index (κ1) is 11.0. The van der Waals surface area contributed by atoms with Crippen molar-refractivity contribution in [1.29, 1.82) is 0 Å². The summed E-state index contributed by atoms with van der Waals surface area (Å²) in [7, 11) is 0. The van der Waals surface area contributed by atoms with Crippen molar-refractivity contribution in [2.45, 2.75) is 13.0 Å². The maximum atomic E-state index is 5.89. The minimum atomic E-state index is 0.264. The largest absolute Gasteiger partial charge is 0.370 e. The van der Waals surface area contributed by atoms with Gasteiger partial charge in [-0.05, 0) is 30.7 Å². The van der Waals surface area contributed by atoms with Crippen molar-refractivity contribution in [2.24, 2.45) is 10.7 Å². The molecule has 92 valence electrons. The molecule has 1 unspecified atom stereocenters. The Bertz CT molecular complexity index is 606. The van der Waals surface area contributed by atoms with E-state index in [0.29, 0.717) is 5.96 Å². The molecule has 0 bridgehead atoms. The van der Waals surface area contributed by atoms with Crippen LogP contribution in [0.1, 0.15) is 18.5 Å². The van der Waals surface area contributed by atoms with Crippen LogP contribution < -0.4 is 5.73 Å². The molecule has 0 amide bonds. The third kappa shape index (κ3) is 1.70. The van der Waals surface area contributed by atoms with Gasteiger partial charge >= 0.3 is 0 Å². The summed E-state index contributed by atoms with van der Waals surface area (Å²) in [6.45, 7) is 3.72. The Morgan fingerprint density at radius 3 is 3.11 bits per heavy atom. The van der Waals surface area contributed by atoms with E-state index in [0.717, 1.165) is 24.0 Å². The monoisotopic (exact) mass is 240 g/mol. The van der Waals surface area contributed by atoms with Crippen LogP contribution in [0.4, 0.5) is 0 Å². The zero-order chi connectivity index (χ0) is 12.5. The van der Waals surface area contributed by atoms with Crippen molar-refractivity contribution in [1.82, 2.24) is 9.88 Å². The Morgan fingerprint density at radius 1 is 1.39 bits per heavy atom. The quantitative estimate of drug-likeness (QED) is 0.872. The van der Waals surface area contributed by atoms with Crippen molar-refractivity contribution >= 4 is 16.9 Å². The van der Waals surface area contributed by atoms with Gasteiger partial charge in [0.1, 0.15) is 0 Å². The summed E-state index contributed by atoms with van der Waals surface area (Å²) in [5, 5.41) is 1.16. The second kappa shape index (κ2) is 4.29. The van der Waals surface area contributed by atoms with E-state index in [4.69, 9.17) is 5.73 Å². The fourth-order valence-corrected chi connectivity index (χ4v) is 2.50. The lowest BCUT2D eigenvalue weighted by Crippen LogP contribution is -2.35. The fourth-order valence-electron chi connectivity index (χ4n) is 2.50. The van der Waals surface area contributed by atoms with Crippen LogP contribution in [0.3, 0.4) is 0 Å². The van der Waals surface area contributed by atoms with Gasteiger partial charge < -0.3 is 10.6 Å². The van der Waals surface area contributed by atoms with Crippen LogP contribution in [-0.2, 0) is 0 Å². The number of nitrogens with zero attached hydrogens (tertiary/aromatic N) is 3. The smallest absolute Gasteiger partial charge is 0.191 e. The number of guanidine groups is 1. The SMILES string of the molecule is CCN1C(N)=NCC1c1ccc2ncccc2c1. The molecule has 1 aromatic carbocycles. The van der Waals surface area contributed by atoms with E-state index < -0.39 is 0 Å². The molecule has 0 saturated carbocycles. The summed E-state index contributed by atoms with van der Waals surface area (Å²) in [4.78, 5) is 10.8. The maximum absolute atomic E-state index is 5.89. The van der Waals surface area contributed by atoms with E-state index in [2.05, 4.69) is 46.1 Å². The first-order valence-electron chi connectivity index (χ1n) is 6.21. The van der Waals surface area contributed by atoms with Gasteiger partial charge in [0.05, 0.1) is 18.1 Å². The highest BCUT2D eigenvalue weighted by molar-refractivity contribution is 5.82. The topological polar surface area (TPSA) is 54.5 Å². The molecule has 2 heterocycles. The Balaban J connectivity index is 2.00. The molecule has 1 aliphatic heterocycles. The van der Waals surface area contributed by atoms with E-state index in [9.17, 15) is 0 Å². The molecule has 1 aliphatic rings. The standard InChI is InChI=1S/C14H16N4/c1-2-18-13(9-17-14(18)15)11-5-6-12-10(8-11)4-3-7-16-12/h3-8,13H,2,9H2,1H3,(H2,15,17). The molecule has 1 aromatic heterocycles. The zero-order valence-electron chi connectivity index (χ0n) is 10.4. The molecule has 0 saturated heterocycles. The van der Waals surface area contributed by atoms with E-state index in [1.54, 1.807) is 0 Å². The molecule has 0 fully saturated rings. The summed E-state index contributed by atoms with van der Waals surface area (Å²) < 4.78 is 0. The van der Waals surface area contributed by atoms with Crippen LogP contribution >= 0.6 is 0 Å². The van der Waals surface area contributed by atoms with Crippen LogP contribution in [0.2, 0.25) is 0 Å². The van der Waals surface area contributed by atoms with Crippen LogP contribution in [0, 0.1) is 0 Å². The van der Waals surface area contributed by atoms with Gasteiger partial charge in [-0.1, -0.05) is 12.1 Å². The molecule has 18 heavy (non-hydrogen) atoms. The molecule has 4 nitrogen and oxygen atoms in total. The van der Waals surface area contributed by atoms with Crippen molar-refractivity contribution in [3.05, 3.63) is 42.1 Å². The van der Waals surface area contributed by atoms with Gasteiger partial charge in [0.2, 0.25) is 0 Å². The zero-order valence-corrected chi connectivity index (χ0v) is 10.4. The van der Waals surface area contributed by atoms with Crippen molar-refractivity contribution in [3.63, 3.8) is 0 Å². The first-order valence-corrected chi connectivity index (χ1v) is 6.21. The van der Waals surface area contributed by atoms with Crippen molar-refractivity contribution < 1.29 is 0 Å². The van der Waals surface area contributed by atoms with E-state index in [-0.39, 0.29) is 6.04 Å². The maximum Gasteiger partial charge on any atom is 0.191 e. The number of pyridine rings is 1. The predicted molar refractivity (Wildman–Crippen MR) is 73.4 cm³/mol. The lowest BCUT2D eigenvalue weighted by atomic mass is 10.0. The molecule has 3 rings (SSSR count). The van der Waals surface area contributed by atoms with E-state index in [1.807, 2.05) is 12.3 Å². The summed E-state index contributed by atoms with van der Waals surface area (Å²) in [6, 6.07) is 10.7. The van der Waals surface area contributed by atoms with Gasteiger partial charge in [-0.2, -0.15) is 0 Å². The summed E-state index contributed by atoms with van der Waals surface area (Å²) in [6.07, 6.45) is 1.82. The van der Waals surface area contributed by atoms with Crippen LogP contribution in [-0.4, -0.2) is 28.9 Å². The number of hydrogen-bond donors (Lipinski definition) is 1. The highest BCUT2D eigenvalue weighted by Crippen LogP contribution is 2.27. The Morgan fingerprint density at radius 2 is 2.28 bits per heavy atom.